The van der Waals surface area contributed by atoms with Gasteiger partial charge >= 0.3 is 0 Å². The molecule has 1 saturated carbocycles. The maximum Gasteiger partial charge on any atom is 0.219 e. The maximum absolute atomic E-state index is 11.6. The zero-order valence-corrected chi connectivity index (χ0v) is 12.6. The van der Waals surface area contributed by atoms with Gasteiger partial charge in [-0.05, 0) is 44.1 Å². The number of carbonyl (C=O) groups excluding carboxylic acids is 1. The SMILES string of the molecule is CC1CCCC(CCNC(=O)CCCCCCN)C1. The second-order valence-corrected chi connectivity index (χ2v) is 6.23. The van der Waals surface area contributed by atoms with Gasteiger partial charge in [-0.1, -0.05) is 39.0 Å². The zero-order chi connectivity index (χ0) is 13.9. The molecule has 1 fully saturated rings. The maximum atomic E-state index is 11.6. The van der Waals surface area contributed by atoms with Crippen LogP contribution in [-0.2, 0) is 4.79 Å². The summed E-state index contributed by atoms with van der Waals surface area (Å²) in [5.41, 5.74) is 5.44. The third-order valence-corrected chi connectivity index (χ3v) is 4.28. The van der Waals surface area contributed by atoms with E-state index in [4.69, 9.17) is 5.73 Å². The Kier molecular flexibility index (Phi) is 8.89. The molecular weight excluding hydrogens is 236 g/mol. The molecule has 0 aromatic carbocycles. The summed E-state index contributed by atoms with van der Waals surface area (Å²) in [6.45, 7) is 4.00. The van der Waals surface area contributed by atoms with E-state index in [0.29, 0.717) is 6.42 Å². The highest BCUT2D eigenvalue weighted by molar-refractivity contribution is 5.75. The van der Waals surface area contributed by atoms with Gasteiger partial charge in [0, 0.05) is 13.0 Å². The highest BCUT2D eigenvalue weighted by atomic mass is 16.1. The molecule has 0 spiro atoms. The average molecular weight is 268 g/mol. The van der Waals surface area contributed by atoms with Gasteiger partial charge in [-0.25, -0.2) is 0 Å². The molecule has 0 bridgehead atoms. The van der Waals surface area contributed by atoms with Crippen molar-refractivity contribution < 1.29 is 4.79 Å². The molecule has 112 valence electrons. The zero-order valence-electron chi connectivity index (χ0n) is 12.6. The van der Waals surface area contributed by atoms with Crippen molar-refractivity contribution in [3.8, 4) is 0 Å². The highest BCUT2D eigenvalue weighted by Crippen LogP contribution is 2.30. The number of unbranched alkanes of at least 4 members (excludes halogenated alkanes) is 3. The molecule has 0 aliphatic heterocycles. The van der Waals surface area contributed by atoms with Crippen LogP contribution in [0.3, 0.4) is 0 Å². The Morgan fingerprint density at radius 3 is 2.74 bits per heavy atom. The summed E-state index contributed by atoms with van der Waals surface area (Å²) >= 11 is 0. The Hall–Kier alpha value is -0.570. The summed E-state index contributed by atoms with van der Waals surface area (Å²) in [4.78, 5) is 11.6. The molecule has 0 saturated heterocycles. The molecule has 19 heavy (non-hydrogen) atoms. The molecule has 1 amide bonds. The van der Waals surface area contributed by atoms with Crippen molar-refractivity contribution in [3.05, 3.63) is 0 Å². The van der Waals surface area contributed by atoms with Gasteiger partial charge in [0.2, 0.25) is 5.91 Å². The third-order valence-electron chi connectivity index (χ3n) is 4.28. The van der Waals surface area contributed by atoms with Crippen molar-refractivity contribution in [1.29, 1.82) is 0 Å². The average Bonchev–Trinajstić information content (AvgIpc) is 2.38. The van der Waals surface area contributed by atoms with E-state index >= 15 is 0 Å². The first-order valence-electron chi connectivity index (χ1n) is 8.19. The topological polar surface area (TPSA) is 55.1 Å². The fourth-order valence-electron chi connectivity index (χ4n) is 3.11. The van der Waals surface area contributed by atoms with Crippen molar-refractivity contribution in [2.75, 3.05) is 13.1 Å². The van der Waals surface area contributed by atoms with Gasteiger partial charge in [0.15, 0.2) is 0 Å². The lowest BCUT2D eigenvalue weighted by molar-refractivity contribution is -0.121. The van der Waals surface area contributed by atoms with Gasteiger partial charge in [-0.15, -0.1) is 0 Å². The van der Waals surface area contributed by atoms with Crippen LogP contribution in [0.15, 0.2) is 0 Å². The minimum absolute atomic E-state index is 0.233. The van der Waals surface area contributed by atoms with Gasteiger partial charge in [-0.2, -0.15) is 0 Å². The number of rotatable bonds is 9. The van der Waals surface area contributed by atoms with E-state index in [2.05, 4.69) is 12.2 Å². The minimum Gasteiger partial charge on any atom is -0.356 e. The van der Waals surface area contributed by atoms with E-state index in [-0.39, 0.29) is 5.91 Å². The fourth-order valence-corrected chi connectivity index (χ4v) is 3.11. The van der Waals surface area contributed by atoms with Crippen LogP contribution >= 0.6 is 0 Å². The summed E-state index contributed by atoms with van der Waals surface area (Å²) in [6, 6.07) is 0. The van der Waals surface area contributed by atoms with Gasteiger partial charge in [0.1, 0.15) is 0 Å². The molecule has 3 N–H and O–H groups in total. The quantitative estimate of drug-likeness (QED) is 0.631. The van der Waals surface area contributed by atoms with E-state index in [1.54, 1.807) is 0 Å². The first-order valence-corrected chi connectivity index (χ1v) is 8.19. The molecular formula is C16H32N2O. The summed E-state index contributed by atoms with van der Waals surface area (Å²) in [7, 11) is 0. The summed E-state index contributed by atoms with van der Waals surface area (Å²) in [5.74, 6) is 1.96. The predicted octanol–water partition coefficient (Wildman–Crippen LogP) is 3.23. The van der Waals surface area contributed by atoms with Gasteiger partial charge in [-0.3, -0.25) is 4.79 Å². The van der Waals surface area contributed by atoms with Gasteiger partial charge in [0.05, 0.1) is 0 Å². The van der Waals surface area contributed by atoms with Crippen LogP contribution in [0.5, 0.6) is 0 Å². The normalized spacial score (nSPS) is 23.3. The van der Waals surface area contributed by atoms with E-state index in [9.17, 15) is 4.79 Å². The highest BCUT2D eigenvalue weighted by Gasteiger charge is 2.18. The molecule has 1 rings (SSSR count). The third kappa shape index (κ3) is 8.25. The van der Waals surface area contributed by atoms with Crippen LogP contribution in [0, 0.1) is 11.8 Å². The molecule has 3 nitrogen and oxygen atoms in total. The van der Waals surface area contributed by atoms with Crippen molar-refractivity contribution in [3.63, 3.8) is 0 Å². The lowest BCUT2D eigenvalue weighted by atomic mass is 9.81. The molecule has 0 heterocycles. The van der Waals surface area contributed by atoms with Gasteiger partial charge < -0.3 is 11.1 Å². The second kappa shape index (κ2) is 10.2. The van der Waals surface area contributed by atoms with Crippen LogP contribution in [-0.4, -0.2) is 19.0 Å². The molecule has 0 aromatic heterocycles. The molecule has 1 aliphatic rings. The number of nitrogens with one attached hydrogen (secondary N) is 1. The van der Waals surface area contributed by atoms with Crippen LogP contribution in [0.4, 0.5) is 0 Å². The fraction of sp³-hybridized carbons (Fsp3) is 0.938. The standard InChI is InChI=1S/C16H32N2O/c1-14-7-6-8-15(13-14)10-12-18-16(19)9-4-2-3-5-11-17/h14-15H,2-13,17H2,1H3,(H,18,19). The Labute approximate surface area is 118 Å². The minimum atomic E-state index is 0.233. The first-order chi connectivity index (χ1) is 9.22. The Balaban J connectivity index is 1.94. The predicted molar refractivity (Wildman–Crippen MR) is 80.9 cm³/mol. The second-order valence-electron chi connectivity index (χ2n) is 6.23. The first kappa shape index (κ1) is 16.5. The van der Waals surface area contributed by atoms with Crippen molar-refractivity contribution >= 4 is 5.91 Å². The largest absolute Gasteiger partial charge is 0.356 e. The van der Waals surface area contributed by atoms with E-state index < -0.39 is 0 Å². The van der Waals surface area contributed by atoms with Crippen LogP contribution in [0.2, 0.25) is 0 Å². The number of amides is 1. The van der Waals surface area contributed by atoms with Crippen molar-refractivity contribution in [2.24, 2.45) is 17.6 Å². The Morgan fingerprint density at radius 1 is 1.21 bits per heavy atom. The number of carbonyl (C=O) groups is 1. The lowest BCUT2D eigenvalue weighted by Crippen LogP contribution is -2.26. The molecule has 0 radical (unpaired) electrons. The summed E-state index contributed by atoms with van der Waals surface area (Å²) in [5, 5.41) is 3.07. The number of hydrogen-bond acceptors (Lipinski definition) is 2. The summed E-state index contributed by atoms with van der Waals surface area (Å²) < 4.78 is 0. The van der Waals surface area contributed by atoms with E-state index in [1.165, 1.54) is 32.1 Å². The van der Waals surface area contributed by atoms with Gasteiger partial charge in [0.25, 0.3) is 0 Å². The molecule has 2 atom stereocenters. The molecule has 1 aliphatic carbocycles. The van der Waals surface area contributed by atoms with Crippen molar-refractivity contribution in [2.45, 2.75) is 71.1 Å². The molecule has 3 heteroatoms. The lowest BCUT2D eigenvalue weighted by Gasteiger charge is -2.26. The summed E-state index contributed by atoms with van der Waals surface area (Å²) in [6.07, 6.45) is 11.7. The van der Waals surface area contributed by atoms with Crippen LogP contribution in [0.25, 0.3) is 0 Å². The van der Waals surface area contributed by atoms with Crippen LogP contribution in [0.1, 0.15) is 71.1 Å². The smallest absolute Gasteiger partial charge is 0.219 e. The van der Waals surface area contributed by atoms with Crippen molar-refractivity contribution in [1.82, 2.24) is 5.32 Å². The van der Waals surface area contributed by atoms with Crippen LogP contribution < -0.4 is 11.1 Å². The number of hydrogen-bond donors (Lipinski definition) is 2. The molecule has 2 unspecified atom stereocenters. The van der Waals surface area contributed by atoms with E-state index in [1.807, 2.05) is 0 Å². The Morgan fingerprint density at radius 2 is 2.00 bits per heavy atom. The number of nitrogens with two attached hydrogens (primary N) is 1. The van der Waals surface area contributed by atoms with E-state index in [0.717, 1.165) is 50.6 Å². The monoisotopic (exact) mass is 268 g/mol. The Bertz CT molecular complexity index is 243. The molecule has 0 aromatic rings.